The van der Waals surface area contributed by atoms with Gasteiger partial charge in [0.05, 0.1) is 11.1 Å². The Morgan fingerprint density at radius 3 is 2.29 bits per heavy atom. The summed E-state index contributed by atoms with van der Waals surface area (Å²) in [5, 5.41) is 6.22. The van der Waals surface area contributed by atoms with Crippen LogP contribution < -0.4 is 10.6 Å². The highest BCUT2D eigenvalue weighted by atomic mass is 16.2. The zero-order chi connectivity index (χ0) is 25.1. The highest BCUT2D eigenvalue weighted by molar-refractivity contribution is 6.23. The summed E-state index contributed by atoms with van der Waals surface area (Å²) in [7, 11) is 0. The van der Waals surface area contributed by atoms with E-state index in [1.165, 1.54) is 6.33 Å². The van der Waals surface area contributed by atoms with Crippen molar-refractivity contribution in [1.29, 1.82) is 0 Å². The molecule has 0 radical (unpaired) electrons. The fourth-order valence-electron chi connectivity index (χ4n) is 4.23. The molecule has 35 heavy (non-hydrogen) atoms. The van der Waals surface area contributed by atoms with Crippen LogP contribution >= 0.6 is 0 Å². The van der Waals surface area contributed by atoms with Crippen LogP contribution in [0, 0.1) is 12.8 Å². The van der Waals surface area contributed by atoms with E-state index in [2.05, 4.69) is 20.6 Å². The van der Waals surface area contributed by atoms with Crippen molar-refractivity contribution < 1.29 is 14.4 Å². The van der Waals surface area contributed by atoms with Gasteiger partial charge in [0, 0.05) is 23.1 Å². The lowest BCUT2D eigenvalue weighted by atomic mass is 10.0. The number of rotatable bonds is 8. The number of benzene rings is 2. The number of anilines is 3. The number of aryl methyl sites for hydroxylation is 2. The second-order valence-corrected chi connectivity index (χ2v) is 9.06. The number of imide groups is 1. The number of hydrogen-bond donors (Lipinski definition) is 2. The standard InChI is InChI=1S/C27H29N5O3/c1-5-18-10-11-19(30-24-13-17(4)28-15-29-24)14-22(18)31-25(33)23(12-16(2)3)32-26(34)20-8-6-7-9-21(20)27(32)35/h6-11,13-16,23H,5,12H2,1-4H3,(H,31,33)(H,28,29,30). The molecule has 8 heteroatoms. The zero-order valence-electron chi connectivity index (χ0n) is 20.3. The van der Waals surface area contributed by atoms with Crippen molar-refractivity contribution in [2.45, 2.75) is 46.6 Å². The van der Waals surface area contributed by atoms with E-state index in [4.69, 9.17) is 0 Å². The first-order valence-corrected chi connectivity index (χ1v) is 11.7. The predicted molar refractivity (Wildman–Crippen MR) is 135 cm³/mol. The SMILES string of the molecule is CCc1ccc(Nc2cc(C)ncn2)cc1NC(=O)C(CC(C)C)N1C(=O)c2ccccc2C1=O. The molecule has 4 rings (SSSR count). The third kappa shape index (κ3) is 5.06. The van der Waals surface area contributed by atoms with Crippen molar-refractivity contribution in [2.75, 3.05) is 10.6 Å². The Labute approximate surface area is 204 Å². The average Bonchev–Trinajstić information content (AvgIpc) is 3.07. The van der Waals surface area contributed by atoms with E-state index in [9.17, 15) is 14.4 Å². The van der Waals surface area contributed by atoms with Gasteiger partial charge in [-0.3, -0.25) is 19.3 Å². The number of nitrogens with one attached hydrogen (secondary N) is 2. The van der Waals surface area contributed by atoms with Crippen molar-refractivity contribution in [3.8, 4) is 0 Å². The van der Waals surface area contributed by atoms with Crippen molar-refractivity contribution in [3.05, 3.63) is 77.2 Å². The fourth-order valence-corrected chi connectivity index (χ4v) is 4.23. The van der Waals surface area contributed by atoms with Gasteiger partial charge in [0.15, 0.2) is 0 Å². The molecule has 1 aliphatic rings. The van der Waals surface area contributed by atoms with Gasteiger partial charge in [0.1, 0.15) is 18.2 Å². The normalized spacial score (nSPS) is 13.7. The highest BCUT2D eigenvalue weighted by Gasteiger charge is 2.42. The molecule has 1 aliphatic heterocycles. The Hall–Kier alpha value is -4.07. The van der Waals surface area contributed by atoms with Gasteiger partial charge in [-0.05, 0) is 55.5 Å². The summed E-state index contributed by atoms with van der Waals surface area (Å²) < 4.78 is 0. The fraction of sp³-hybridized carbons (Fsp3) is 0.296. The summed E-state index contributed by atoms with van der Waals surface area (Å²) in [5.74, 6) is -0.524. The lowest BCUT2D eigenvalue weighted by Crippen LogP contribution is -2.48. The summed E-state index contributed by atoms with van der Waals surface area (Å²) in [4.78, 5) is 49.2. The van der Waals surface area contributed by atoms with Crippen molar-refractivity contribution in [3.63, 3.8) is 0 Å². The second-order valence-electron chi connectivity index (χ2n) is 9.06. The Morgan fingerprint density at radius 2 is 1.69 bits per heavy atom. The van der Waals surface area contributed by atoms with Crippen LogP contribution in [0.5, 0.6) is 0 Å². The molecule has 1 unspecified atom stereocenters. The monoisotopic (exact) mass is 471 g/mol. The van der Waals surface area contributed by atoms with Crippen LogP contribution in [0.2, 0.25) is 0 Å². The van der Waals surface area contributed by atoms with Gasteiger partial charge in [0.2, 0.25) is 5.91 Å². The van der Waals surface area contributed by atoms with Crippen molar-refractivity contribution in [1.82, 2.24) is 14.9 Å². The predicted octanol–water partition coefficient (Wildman–Crippen LogP) is 4.74. The van der Waals surface area contributed by atoms with E-state index in [-0.39, 0.29) is 5.92 Å². The Bertz CT molecular complexity index is 1250. The molecule has 1 atom stereocenters. The van der Waals surface area contributed by atoms with Gasteiger partial charge < -0.3 is 10.6 Å². The molecule has 8 nitrogen and oxygen atoms in total. The number of amides is 3. The first-order chi connectivity index (χ1) is 16.8. The van der Waals surface area contributed by atoms with E-state index < -0.39 is 23.8 Å². The molecule has 2 heterocycles. The molecule has 2 aromatic carbocycles. The van der Waals surface area contributed by atoms with Gasteiger partial charge in [-0.2, -0.15) is 0 Å². The maximum Gasteiger partial charge on any atom is 0.262 e. The summed E-state index contributed by atoms with van der Waals surface area (Å²) in [6, 6.07) is 13.3. The molecule has 3 amide bonds. The van der Waals surface area contributed by atoms with Crippen LogP contribution in [0.4, 0.5) is 17.2 Å². The van der Waals surface area contributed by atoms with Gasteiger partial charge in [-0.1, -0.05) is 39.0 Å². The molecule has 0 bridgehead atoms. The molecule has 1 aromatic heterocycles. The molecular formula is C27H29N5O3. The third-order valence-corrected chi connectivity index (χ3v) is 5.96. The van der Waals surface area contributed by atoms with E-state index in [0.717, 1.165) is 21.8 Å². The first-order valence-electron chi connectivity index (χ1n) is 11.7. The van der Waals surface area contributed by atoms with Crippen LogP contribution in [-0.2, 0) is 11.2 Å². The van der Waals surface area contributed by atoms with E-state index >= 15 is 0 Å². The zero-order valence-corrected chi connectivity index (χ0v) is 20.3. The summed E-state index contributed by atoms with van der Waals surface area (Å²) in [6.45, 7) is 7.81. The molecule has 0 saturated carbocycles. The number of hydrogen-bond acceptors (Lipinski definition) is 6. The van der Waals surface area contributed by atoms with Crippen molar-refractivity contribution >= 4 is 34.9 Å². The lowest BCUT2D eigenvalue weighted by Gasteiger charge is -2.27. The van der Waals surface area contributed by atoms with Crippen LogP contribution in [0.15, 0.2) is 54.9 Å². The summed E-state index contributed by atoms with van der Waals surface area (Å²) in [6.07, 6.45) is 2.54. The molecule has 180 valence electrons. The van der Waals surface area contributed by atoms with E-state index in [1.807, 2.05) is 52.0 Å². The number of nitrogens with zero attached hydrogens (tertiary/aromatic N) is 3. The topological polar surface area (TPSA) is 104 Å². The Balaban J connectivity index is 1.62. The van der Waals surface area contributed by atoms with Gasteiger partial charge in [-0.15, -0.1) is 0 Å². The maximum atomic E-state index is 13.6. The van der Waals surface area contributed by atoms with Gasteiger partial charge >= 0.3 is 0 Å². The van der Waals surface area contributed by atoms with Crippen LogP contribution in [-0.4, -0.2) is 38.6 Å². The quantitative estimate of drug-likeness (QED) is 0.460. The van der Waals surface area contributed by atoms with Gasteiger partial charge in [0.25, 0.3) is 11.8 Å². The minimum Gasteiger partial charge on any atom is -0.340 e. The maximum absolute atomic E-state index is 13.6. The number of fused-ring (bicyclic) bond motifs is 1. The van der Waals surface area contributed by atoms with Gasteiger partial charge in [-0.25, -0.2) is 9.97 Å². The van der Waals surface area contributed by atoms with E-state index in [1.54, 1.807) is 24.3 Å². The number of carbonyl (C=O) groups is 3. The number of carbonyl (C=O) groups excluding carboxylic acids is 3. The second kappa shape index (κ2) is 10.0. The van der Waals surface area contributed by atoms with Crippen LogP contribution in [0.1, 0.15) is 59.2 Å². The molecule has 0 saturated heterocycles. The molecule has 0 fully saturated rings. The van der Waals surface area contributed by atoms with Crippen LogP contribution in [0.3, 0.4) is 0 Å². The molecule has 0 spiro atoms. The van der Waals surface area contributed by atoms with E-state index in [0.29, 0.717) is 35.5 Å². The molecule has 2 N–H and O–H groups in total. The average molecular weight is 472 g/mol. The largest absolute Gasteiger partial charge is 0.340 e. The Kier molecular flexibility index (Phi) is 6.91. The molecular weight excluding hydrogens is 442 g/mol. The first kappa shape index (κ1) is 24.1. The molecule has 3 aromatic rings. The minimum absolute atomic E-state index is 0.0923. The van der Waals surface area contributed by atoms with Crippen LogP contribution in [0.25, 0.3) is 0 Å². The van der Waals surface area contributed by atoms with Crippen molar-refractivity contribution in [2.24, 2.45) is 5.92 Å². The minimum atomic E-state index is -0.923. The summed E-state index contributed by atoms with van der Waals surface area (Å²) in [5.41, 5.74) is 3.81. The molecule has 0 aliphatic carbocycles. The highest BCUT2D eigenvalue weighted by Crippen LogP contribution is 2.29. The summed E-state index contributed by atoms with van der Waals surface area (Å²) >= 11 is 0. The Morgan fingerprint density at radius 1 is 1.00 bits per heavy atom. The lowest BCUT2D eigenvalue weighted by molar-refractivity contribution is -0.120. The third-order valence-electron chi connectivity index (χ3n) is 5.96. The number of aromatic nitrogens is 2. The smallest absolute Gasteiger partial charge is 0.262 e.